The summed E-state index contributed by atoms with van der Waals surface area (Å²) >= 11 is 8.46. The largest absolute Gasteiger partial charge is 1.00 e. The van der Waals surface area contributed by atoms with Crippen LogP contribution in [0.3, 0.4) is 0 Å². The predicted octanol–water partition coefficient (Wildman–Crippen LogP) is -2.39. The topological polar surface area (TPSA) is 248 Å². The summed E-state index contributed by atoms with van der Waals surface area (Å²) in [6, 6.07) is 8.28. The molecule has 6 rings (SSSR count). The molecular formula is C35H34ClN6NaO10S2. The van der Waals surface area contributed by atoms with Crippen LogP contribution in [0, 0.1) is 5.92 Å². The number of phenols is 2. The van der Waals surface area contributed by atoms with Gasteiger partial charge in [0.1, 0.15) is 18.8 Å². The van der Waals surface area contributed by atoms with Gasteiger partial charge in [-0.25, -0.2) is 4.98 Å². The van der Waals surface area contributed by atoms with Crippen LogP contribution in [-0.4, -0.2) is 104 Å². The number of aromatic nitrogens is 1. The van der Waals surface area contributed by atoms with E-state index in [2.05, 4.69) is 15.5 Å². The summed E-state index contributed by atoms with van der Waals surface area (Å²) in [5.41, 5.74) is 6.42. The Kier molecular flexibility index (Phi) is 13.5. The number of rotatable bonds is 15. The molecule has 2 amide bonds. The number of phenolic OH excluding ortho intramolecular Hbond substituents is 2. The minimum atomic E-state index is -1.50. The van der Waals surface area contributed by atoms with Gasteiger partial charge in [0.25, 0.3) is 5.91 Å². The zero-order chi connectivity index (χ0) is 38.7. The van der Waals surface area contributed by atoms with Gasteiger partial charge in [-0.2, -0.15) is 0 Å². The molecule has 4 heterocycles. The second-order valence-corrected chi connectivity index (χ2v) is 15.5. The van der Waals surface area contributed by atoms with E-state index in [1.54, 1.807) is 6.07 Å². The van der Waals surface area contributed by atoms with Crippen LogP contribution in [0.25, 0.3) is 0 Å². The Bertz CT molecular complexity index is 2090. The first kappa shape index (κ1) is 42.0. The third-order valence-corrected chi connectivity index (χ3v) is 12.0. The number of nitrogens with one attached hydrogen (secondary N) is 1. The number of benzene rings is 2. The number of carbonyl (C=O) groups excluding carboxylic acids is 5. The number of thioether (sulfide) groups is 1. The molecule has 55 heavy (non-hydrogen) atoms. The summed E-state index contributed by atoms with van der Waals surface area (Å²) in [5, 5.41) is 50.9. The van der Waals surface area contributed by atoms with Gasteiger partial charge in [0.2, 0.25) is 5.91 Å². The van der Waals surface area contributed by atoms with Crippen molar-refractivity contribution in [2.75, 3.05) is 44.2 Å². The molecule has 16 nitrogen and oxygen atoms in total. The van der Waals surface area contributed by atoms with Crippen molar-refractivity contribution in [1.82, 2.24) is 15.2 Å². The number of nitrogens with zero attached hydrogens (tertiary/aromatic N) is 4. The van der Waals surface area contributed by atoms with E-state index in [4.69, 9.17) is 22.2 Å². The van der Waals surface area contributed by atoms with Gasteiger partial charge in [0.05, 0.1) is 65.7 Å². The van der Waals surface area contributed by atoms with Crippen LogP contribution in [0.5, 0.6) is 11.5 Å². The fourth-order valence-electron chi connectivity index (χ4n) is 6.92. The molecule has 20 heteroatoms. The van der Waals surface area contributed by atoms with Crippen molar-refractivity contribution in [3.05, 3.63) is 80.5 Å². The van der Waals surface area contributed by atoms with Crippen LogP contribution in [-0.2, 0) is 25.8 Å². The van der Waals surface area contributed by atoms with Crippen molar-refractivity contribution < 1.29 is 83.3 Å². The standard InChI is InChI=1S/C35H35ClN6O10S2.Na/c36-26-21(6-7-24(43)29(26)45)30(46)38-8-11-42(9-1-2-10-42)14-20-16-53-32-22(31(47)41(32)28(20)34(50)51)13-25(44)27(23-17-54-35(37)39-23)40-52-15-18-4-3-5-19(12-18)33(48)49;/h3-7,12,17,22,32H,1-2,8-11,13-16H2,(H6-,37,38,39,40,43,44,45,46,48,49,50,51);/q;+1/p-1/t22-,32-;/m1./s1. The van der Waals surface area contributed by atoms with Crippen LogP contribution < -0.4 is 50.8 Å². The number of quaternary nitrogens is 1. The molecule has 0 saturated carbocycles. The third-order valence-electron chi connectivity index (χ3n) is 9.59. The van der Waals surface area contributed by atoms with E-state index in [-0.39, 0.29) is 93.3 Å². The summed E-state index contributed by atoms with van der Waals surface area (Å²) in [6.07, 6.45) is 1.45. The van der Waals surface area contributed by atoms with Gasteiger partial charge in [-0.05, 0) is 29.3 Å². The Labute approximate surface area is 349 Å². The summed E-state index contributed by atoms with van der Waals surface area (Å²) in [5.74, 6) is -6.20. The van der Waals surface area contributed by atoms with E-state index in [1.165, 1.54) is 46.3 Å². The molecule has 0 aliphatic carbocycles. The number of nitrogen functional groups attached to an aromatic ring is 1. The molecule has 3 aliphatic heterocycles. The number of carboxylic acid groups (broad SMARTS) is 2. The van der Waals surface area contributed by atoms with Gasteiger partial charge in [-0.3, -0.25) is 19.3 Å². The minimum Gasteiger partial charge on any atom is -0.545 e. The molecule has 5 N–H and O–H groups in total. The van der Waals surface area contributed by atoms with E-state index >= 15 is 0 Å². The molecule has 0 bridgehead atoms. The Morgan fingerprint density at radius 3 is 2.55 bits per heavy atom. The van der Waals surface area contributed by atoms with E-state index in [1.807, 2.05) is 0 Å². The molecule has 0 unspecified atom stereocenters. The number of aromatic carboxylic acids is 1. The number of fused-ring (bicyclic) bond motifs is 1. The monoisotopic (exact) mass is 820 g/mol. The first-order valence-electron chi connectivity index (χ1n) is 16.7. The van der Waals surface area contributed by atoms with Gasteiger partial charge in [0, 0.05) is 36.0 Å². The van der Waals surface area contributed by atoms with Crippen molar-refractivity contribution in [3.8, 4) is 11.5 Å². The number of β-lactam (4-membered cyclic amide) rings is 1. The fraction of sp³-hybridized carbons (Fsp3) is 0.343. The maximum Gasteiger partial charge on any atom is 1.00 e. The first-order valence-corrected chi connectivity index (χ1v) is 19.1. The number of hydrogen-bond donors (Lipinski definition) is 4. The number of anilines is 1. The molecule has 2 saturated heterocycles. The van der Waals surface area contributed by atoms with Crippen molar-refractivity contribution in [3.63, 3.8) is 0 Å². The number of Topliss-reactive ketones (excluding diaryl/α,β-unsaturated/α-hetero) is 1. The molecule has 0 spiro atoms. The first-order chi connectivity index (χ1) is 25.8. The number of halogens is 1. The predicted molar refractivity (Wildman–Crippen MR) is 193 cm³/mol. The number of aliphatic carboxylic acids is 1. The smallest absolute Gasteiger partial charge is 0.545 e. The van der Waals surface area contributed by atoms with Crippen LogP contribution in [0.1, 0.15) is 51.2 Å². The van der Waals surface area contributed by atoms with Crippen molar-refractivity contribution >= 4 is 75.1 Å². The van der Waals surface area contributed by atoms with Crippen molar-refractivity contribution in [1.29, 1.82) is 0 Å². The number of carbonyl (C=O) groups is 5. The Balaban J connectivity index is 0.00000580. The number of oxime groups is 1. The minimum absolute atomic E-state index is 0. The van der Waals surface area contributed by atoms with Crippen LogP contribution in [0.4, 0.5) is 5.13 Å². The quantitative estimate of drug-likeness (QED) is 0.0313. The van der Waals surface area contributed by atoms with Gasteiger partial charge in [0.15, 0.2) is 28.1 Å². The number of nitrogens with two attached hydrogens (primary N) is 1. The number of carboxylic acids is 2. The molecule has 284 valence electrons. The second-order valence-electron chi connectivity index (χ2n) is 13.1. The number of aromatic hydroxyl groups is 2. The number of ketones is 1. The normalized spacial score (nSPS) is 18.9. The molecule has 2 fully saturated rings. The maximum absolute atomic E-state index is 13.6. The summed E-state index contributed by atoms with van der Waals surface area (Å²) in [4.78, 5) is 74.6. The summed E-state index contributed by atoms with van der Waals surface area (Å²) in [7, 11) is 0. The third kappa shape index (κ3) is 9.12. The molecule has 0 radical (unpaired) electrons. The molecule has 3 aromatic rings. The average Bonchev–Trinajstić information content (AvgIpc) is 3.79. The zero-order valence-corrected chi connectivity index (χ0v) is 33.9. The van der Waals surface area contributed by atoms with Crippen molar-refractivity contribution in [2.24, 2.45) is 11.1 Å². The van der Waals surface area contributed by atoms with E-state index < -0.39 is 52.3 Å². The van der Waals surface area contributed by atoms with Gasteiger partial charge >= 0.3 is 29.6 Å². The zero-order valence-electron chi connectivity index (χ0n) is 29.5. The number of amides is 2. The van der Waals surface area contributed by atoms with E-state index in [0.717, 1.165) is 30.2 Å². The summed E-state index contributed by atoms with van der Waals surface area (Å²) in [6.45, 7) is 2.21. The number of likely N-dealkylation sites (tertiary alicyclic amines) is 1. The van der Waals surface area contributed by atoms with Crippen LogP contribution in [0.2, 0.25) is 5.02 Å². The van der Waals surface area contributed by atoms with E-state index in [9.17, 15) is 44.4 Å². The van der Waals surface area contributed by atoms with Gasteiger partial charge in [-0.1, -0.05) is 35.0 Å². The SMILES string of the molecule is Nc1nc(/C(=N/OCc2cccc(C(=O)[O-])c2)C(=O)C[C@@H]2C(=O)N3C(C(=O)[O-])=C(C[N+]4(CCNC(=O)c5ccc(O)c(O)c5Cl)CCCC4)CS[C@H]23)cs1.[Na+]. The fourth-order valence-corrected chi connectivity index (χ4v) is 9.12. The van der Waals surface area contributed by atoms with Crippen LogP contribution >= 0.6 is 34.7 Å². The number of thiazole rings is 1. The van der Waals surface area contributed by atoms with E-state index in [0.29, 0.717) is 41.8 Å². The molecule has 2 aromatic carbocycles. The molecule has 3 aliphatic rings. The Morgan fingerprint density at radius 2 is 1.87 bits per heavy atom. The molecule has 2 atom stereocenters. The average molecular weight is 821 g/mol. The molecular weight excluding hydrogens is 787 g/mol. The Hall–Kier alpha value is -4.17. The maximum atomic E-state index is 13.6. The Morgan fingerprint density at radius 1 is 1.13 bits per heavy atom. The van der Waals surface area contributed by atoms with Gasteiger partial charge in [-0.15, -0.1) is 23.1 Å². The van der Waals surface area contributed by atoms with Gasteiger partial charge < -0.3 is 50.4 Å². The number of hydrogen-bond acceptors (Lipinski definition) is 15. The summed E-state index contributed by atoms with van der Waals surface area (Å²) < 4.78 is 0.463. The molecule has 1 aromatic heterocycles. The van der Waals surface area contributed by atoms with Crippen LogP contribution in [0.15, 0.2) is 58.2 Å². The second kappa shape index (κ2) is 17.7. The van der Waals surface area contributed by atoms with Crippen molar-refractivity contribution in [2.45, 2.75) is 31.2 Å².